The average molecular weight is 409 g/mol. The standard InChI is InChI=1S/C17H23Cl2N3O2.ClH/c1-10(20)12-5-4-8-22(9-12)17(24)11(2)21-16(23)13-6-3-7-14(18)15(13)19;/h3,6-7,10-12H,4-5,8-9,20H2,1-2H3,(H,21,23);1H. The van der Waals surface area contributed by atoms with Crippen LogP contribution in [-0.2, 0) is 4.79 Å². The number of rotatable bonds is 4. The molecule has 25 heavy (non-hydrogen) atoms. The highest BCUT2D eigenvalue weighted by Gasteiger charge is 2.29. The molecule has 1 aliphatic rings. The Morgan fingerprint density at radius 2 is 2.00 bits per heavy atom. The summed E-state index contributed by atoms with van der Waals surface area (Å²) < 4.78 is 0. The van der Waals surface area contributed by atoms with Crippen LogP contribution in [0.5, 0.6) is 0 Å². The molecule has 3 atom stereocenters. The van der Waals surface area contributed by atoms with Crippen LogP contribution in [0, 0.1) is 5.92 Å². The number of nitrogens with one attached hydrogen (secondary N) is 1. The summed E-state index contributed by atoms with van der Waals surface area (Å²) in [4.78, 5) is 26.7. The Morgan fingerprint density at radius 1 is 1.32 bits per heavy atom. The topological polar surface area (TPSA) is 75.4 Å². The maximum atomic E-state index is 12.6. The third-order valence-corrected chi connectivity index (χ3v) is 5.25. The first-order chi connectivity index (χ1) is 11.3. The number of carbonyl (C=O) groups is 2. The van der Waals surface area contributed by atoms with Crippen molar-refractivity contribution in [3.05, 3.63) is 33.8 Å². The molecule has 2 rings (SSSR count). The molecule has 140 valence electrons. The highest BCUT2D eigenvalue weighted by Crippen LogP contribution is 2.25. The smallest absolute Gasteiger partial charge is 0.253 e. The van der Waals surface area contributed by atoms with Crippen molar-refractivity contribution in [2.45, 2.75) is 38.8 Å². The van der Waals surface area contributed by atoms with Gasteiger partial charge in [-0.15, -0.1) is 12.4 Å². The average Bonchev–Trinajstić information content (AvgIpc) is 2.56. The van der Waals surface area contributed by atoms with Gasteiger partial charge in [-0.25, -0.2) is 0 Å². The number of hydrogen-bond donors (Lipinski definition) is 2. The minimum absolute atomic E-state index is 0. The maximum Gasteiger partial charge on any atom is 0.253 e. The summed E-state index contributed by atoms with van der Waals surface area (Å²) in [6, 6.07) is 4.24. The molecule has 0 radical (unpaired) electrons. The Hall–Kier alpha value is -1.01. The second-order valence-electron chi connectivity index (χ2n) is 6.34. The van der Waals surface area contributed by atoms with Gasteiger partial charge in [0.05, 0.1) is 15.6 Å². The van der Waals surface area contributed by atoms with Crippen LogP contribution in [0.3, 0.4) is 0 Å². The number of carbonyl (C=O) groups excluding carboxylic acids is 2. The number of piperidine rings is 1. The van der Waals surface area contributed by atoms with Crippen LogP contribution in [0.25, 0.3) is 0 Å². The predicted octanol–water partition coefficient (Wildman–Crippen LogP) is 3.12. The van der Waals surface area contributed by atoms with Crippen LogP contribution in [0.4, 0.5) is 0 Å². The molecular formula is C17H24Cl3N3O2. The normalized spacial score (nSPS) is 19.6. The van der Waals surface area contributed by atoms with Crippen LogP contribution < -0.4 is 11.1 Å². The van der Waals surface area contributed by atoms with Gasteiger partial charge in [0.2, 0.25) is 5.91 Å². The quantitative estimate of drug-likeness (QED) is 0.803. The van der Waals surface area contributed by atoms with Crippen molar-refractivity contribution in [3.63, 3.8) is 0 Å². The number of amides is 2. The number of nitrogens with two attached hydrogens (primary N) is 1. The first-order valence-electron chi connectivity index (χ1n) is 8.10. The van der Waals surface area contributed by atoms with E-state index < -0.39 is 11.9 Å². The molecule has 1 heterocycles. The van der Waals surface area contributed by atoms with Crippen molar-refractivity contribution >= 4 is 47.4 Å². The molecule has 1 saturated heterocycles. The SMILES string of the molecule is CC(NC(=O)c1cccc(Cl)c1Cl)C(=O)N1CCCC(C(C)N)C1.Cl. The predicted molar refractivity (Wildman–Crippen MR) is 104 cm³/mol. The molecule has 3 N–H and O–H groups in total. The summed E-state index contributed by atoms with van der Waals surface area (Å²) in [5.74, 6) is -0.219. The monoisotopic (exact) mass is 407 g/mol. The summed E-state index contributed by atoms with van der Waals surface area (Å²) in [5, 5.41) is 3.19. The van der Waals surface area contributed by atoms with E-state index in [1.165, 1.54) is 0 Å². The van der Waals surface area contributed by atoms with Crippen molar-refractivity contribution in [1.82, 2.24) is 10.2 Å². The molecule has 1 aromatic rings. The van der Waals surface area contributed by atoms with E-state index in [1.54, 1.807) is 30.0 Å². The summed E-state index contributed by atoms with van der Waals surface area (Å²) >= 11 is 12.0. The lowest BCUT2D eigenvalue weighted by Crippen LogP contribution is -2.51. The van der Waals surface area contributed by atoms with Crippen LogP contribution in [0.15, 0.2) is 18.2 Å². The van der Waals surface area contributed by atoms with E-state index in [9.17, 15) is 9.59 Å². The second-order valence-corrected chi connectivity index (χ2v) is 7.13. The van der Waals surface area contributed by atoms with E-state index in [2.05, 4.69) is 5.32 Å². The van der Waals surface area contributed by atoms with Gasteiger partial charge in [0.15, 0.2) is 0 Å². The number of likely N-dealkylation sites (tertiary alicyclic amines) is 1. The Kier molecular flexibility index (Phi) is 8.48. The lowest BCUT2D eigenvalue weighted by atomic mass is 9.92. The minimum atomic E-state index is -0.639. The zero-order valence-corrected chi connectivity index (χ0v) is 16.6. The van der Waals surface area contributed by atoms with Crippen LogP contribution in [0.2, 0.25) is 10.0 Å². The van der Waals surface area contributed by atoms with Gasteiger partial charge in [0.1, 0.15) is 6.04 Å². The molecule has 8 heteroatoms. The van der Waals surface area contributed by atoms with Crippen molar-refractivity contribution in [3.8, 4) is 0 Å². The van der Waals surface area contributed by atoms with E-state index in [0.29, 0.717) is 24.0 Å². The summed E-state index contributed by atoms with van der Waals surface area (Å²) in [6.07, 6.45) is 1.96. The lowest BCUT2D eigenvalue weighted by Gasteiger charge is -2.36. The van der Waals surface area contributed by atoms with Gasteiger partial charge in [-0.3, -0.25) is 9.59 Å². The third kappa shape index (κ3) is 5.48. The van der Waals surface area contributed by atoms with Gasteiger partial charge >= 0.3 is 0 Å². The Labute approximate surface area is 164 Å². The van der Waals surface area contributed by atoms with E-state index in [4.69, 9.17) is 28.9 Å². The van der Waals surface area contributed by atoms with Gasteiger partial charge in [-0.05, 0) is 44.7 Å². The Morgan fingerprint density at radius 3 is 2.64 bits per heavy atom. The molecule has 0 aromatic heterocycles. The Balaban J connectivity index is 0.00000312. The fourth-order valence-electron chi connectivity index (χ4n) is 2.93. The summed E-state index contributed by atoms with van der Waals surface area (Å²) in [7, 11) is 0. The first-order valence-corrected chi connectivity index (χ1v) is 8.86. The van der Waals surface area contributed by atoms with E-state index in [0.717, 1.165) is 12.8 Å². The number of nitrogens with zero attached hydrogens (tertiary/aromatic N) is 1. The largest absolute Gasteiger partial charge is 0.341 e. The van der Waals surface area contributed by atoms with Gasteiger partial charge in [-0.1, -0.05) is 29.3 Å². The van der Waals surface area contributed by atoms with Crippen molar-refractivity contribution in [1.29, 1.82) is 0 Å². The zero-order valence-electron chi connectivity index (χ0n) is 14.3. The fourth-order valence-corrected chi connectivity index (χ4v) is 3.31. The molecule has 2 amide bonds. The molecule has 3 unspecified atom stereocenters. The van der Waals surface area contributed by atoms with Crippen LogP contribution >= 0.6 is 35.6 Å². The third-order valence-electron chi connectivity index (χ3n) is 4.43. The minimum Gasteiger partial charge on any atom is -0.341 e. The van der Waals surface area contributed by atoms with Gasteiger partial charge < -0.3 is 16.0 Å². The first kappa shape index (κ1) is 22.0. The van der Waals surface area contributed by atoms with Crippen LogP contribution in [0.1, 0.15) is 37.0 Å². The number of benzene rings is 1. The highest BCUT2D eigenvalue weighted by atomic mass is 35.5. The summed E-state index contributed by atoms with van der Waals surface area (Å²) in [5.41, 5.74) is 6.22. The molecule has 5 nitrogen and oxygen atoms in total. The molecule has 1 fully saturated rings. The molecular weight excluding hydrogens is 385 g/mol. The van der Waals surface area contributed by atoms with Crippen molar-refractivity contribution in [2.75, 3.05) is 13.1 Å². The van der Waals surface area contributed by atoms with Gasteiger partial charge in [0, 0.05) is 19.1 Å². The Bertz CT molecular complexity index is 625. The zero-order chi connectivity index (χ0) is 17.9. The second kappa shape index (κ2) is 9.62. The molecule has 1 aromatic carbocycles. The highest BCUT2D eigenvalue weighted by molar-refractivity contribution is 6.43. The van der Waals surface area contributed by atoms with Crippen LogP contribution in [-0.4, -0.2) is 41.9 Å². The lowest BCUT2D eigenvalue weighted by molar-refractivity contribution is -0.134. The molecule has 1 aliphatic heterocycles. The molecule has 0 bridgehead atoms. The van der Waals surface area contributed by atoms with Gasteiger partial charge in [-0.2, -0.15) is 0 Å². The van der Waals surface area contributed by atoms with Crippen molar-refractivity contribution < 1.29 is 9.59 Å². The maximum absolute atomic E-state index is 12.6. The van der Waals surface area contributed by atoms with E-state index in [1.807, 2.05) is 6.92 Å². The molecule has 0 saturated carbocycles. The van der Waals surface area contributed by atoms with Gasteiger partial charge in [0.25, 0.3) is 5.91 Å². The van der Waals surface area contributed by atoms with E-state index >= 15 is 0 Å². The number of halogens is 3. The van der Waals surface area contributed by atoms with Crippen molar-refractivity contribution in [2.24, 2.45) is 11.7 Å². The van der Waals surface area contributed by atoms with E-state index in [-0.39, 0.29) is 34.9 Å². The summed E-state index contributed by atoms with van der Waals surface area (Å²) in [6.45, 7) is 4.97. The molecule has 0 spiro atoms. The molecule has 0 aliphatic carbocycles. The fraction of sp³-hybridized carbons (Fsp3) is 0.529. The number of hydrogen-bond acceptors (Lipinski definition) is 3.